The first kappa shape index (κ1) is 12.2. The van der Waals surface area contributed by atoms with E-state index >= 15 is 0 Å². The van der Waals surface area contributed by atoms with Crippen LogP contribution in [0.25, 0.3) is 0 Å². The Balaban J connectivity index is 0.000000980. The topological polar surface area (TPSA) is 58.2 Å². The predicted octanol–water partition coefficient (Wildman–Crippen LogP) is 0.242. The summed E-state index contributed by atoms with van der Waals surface area (Å²) in [5, 5.41) is 2.79. The molecule has 2 N–H and O–H groups in total. The minimum Gasteiger partial charge on any atom is -0.314 e. The molecule has 0 aromatic rings. The number of halogens is 1. The second-order valence-electron chi connectivity index (χ2n) is 3.92. The average Bonchev–Trinajstić information content (AvgIpc) is 2.32. The molecule has 2 aliphatic rings. The Morgan fingerprint density at radius 2 is 1.71 bits per heavy atom. The molecule has 1 saturated carbocycles. The van der Waals surface area contributed by atoms with Gasteiger partial charge in [0.2, 0.25) is 10.0 Å². The van der Waals surface area contributed by atoms with Crippen molar-refractivity contribution in [2.45, 2.75) is 37.0 Å². The first-order valence-corrected chi connectivity index (χ1v) is 6.45. The smallest absolute Gasteiger partial charge is 0.217 e. The molecule has 1 saturated heterocycles. The normalized spacial score (nSPS) is 24.3. The van der Waals surface area contributed by atoms with E-state index in [4.69, 9.17) is 0 Å². The fourth-order valence-electron chi connectivity index (χ4n) is 1.85. The van der Waals surface area contributed by atoms with Crippen LogP contribution in [0.5, 0.6) is 0 Å². The lowest BCUT2D eigenvalue weighted by molar-refractivity contribution is 0.477. The van der Waals surface area contributed by atoms with Crippen LogP contribution >= 0.6 is 12.4 Å². The van der Waals surface area contributed by atoms with Crippen molar-refractivity contribution < 1.29 is 8.42 Å². The Morgan fingerprint density at radius 3 is 2.14 bits per heavy atom. The van der Waals surface area contributed by atoms with Crippen LogP contribution in [0, 0.1) is 0 Å². The van der Waals surface area contributed by atoms with Crippen molar-refractivity contribution in [3.63, 3.8) is 0 Å². The summed E-state index contributed by atoms with van der Waals surface area (Å²) in [4.78, 5) is 0. The summed E-state index contributed by atoms with van der Waals surface area (Å²) in [6, 6.07) is 0.214. The van der Waals surface area contributed by atoms with Gasteiger partial charge in [0.1, 0.15) is 5.25 Å². The molecule has 1 heterocycles. The van der Waals surface area contributed by atoms with Crippen molar-refractivity contribution in [1.82, 2.24) is 10.0 Å². The number of hydrogen-bond acceptors (Lipinski definition) is 3. The summed E-state index contributed by atoms with van der Waals surface area (Å²) in [5.74, 6) is 0. The molecule has 0 aromatic carbocycles. The van der Waals surface area contributed by atoms with Crippen molar-refractivity contribution in [2.24, 2.45) is 0 Å². The molecule has 0 amide bonds. The molecule has 6 heteroatoms. The van der Waals surface area contributed by atoms with Gasteiger partial charge >= 0.3 is 0 Å². The third kappa shape index (κ3) is 2.59. The van der Waals surface area contributed by atoms with Gasteiger partial charge < -0.3 is 5.32 Å². The van der Waals surface area contributed by atoms with E-state index < -0.39 is 10.0 Å². The van der Waals surface area contributed by atoms with Crippen molar-refractivity contribution in [1.29, 1.82) is 0 Å². The largest absolute Gasteiger partial charge is 0.314 e. The van der Waals surface area contributed by atoms with Gasteiger partial charge in [-0.25, -0.2) is 13.1 Å². The average molecular weight is 241 g/mol. The van der Waals surface area contributed by atoms with Crippen molar-refractivity contribution >= 4 is 22.4 Å². The third-order valence-electron chi connectivity index (χ3n) is 2.87. The van der Waals surface area contributed by atoms with Crippen LogP contribution in [-0.4, -0.2) is 32.8 Å². The summed E-state index contributed by atoms with van der Waals surface area (Å²) in [6.07, 6.45) is 4.35. The van der Waals surface area contributed by atoms with Gasteiger partial charge in [0.25, 0.3) is 0 Å². The summed E-state index contributed by atoms with van der Waals surface area (Å²) in [5.41, 5.74) is 0. The van der Waals surface area contributed by atoms with E-state index in [0.29, 0.717) is 13.1 Å². The maximum absolute atomic E-state index is 11.6. The lowest BCUT2D eigenvalue weighted by Gasteiger charge is -2.28. The van der Waals surface area contributed by atoms with Gasteiger partial charge in [0.05, 0.1) is 0 Å². The standard InChI is InChI=1S/C8H16N2O2S.ClH/c11-13(12,8-5-9-6-8)10-7-3-1-2-4-7;/h7-10H,1-6H2;1H. The molecular weight excluding hydrogens is 224 g/mol. The Bertz CT molecular complexity index is 271. The molecule has 0 unspecified atom stereocenters. The highest BCUT2D eigenvalue weighted by atomic mass is 35.5. The first-order chi connectivity index (χ1) is 6.18. The second kappa shape index (κ2) is 4.79. The lowest BCUT2D eigenvalue weighted by atomic mass is 10.3. The van der Waals surface area contributed by atoms with Gasteiger partial charge in [0, 0.05) is 19.1 Å². The number of rotatable bonds is 3. The van der Waals surface area contributed by atoms with E-state index in [1.807, 2.05) is 0 Å². The van der Waals surface area contributed by atoms with Crippen LogP contribution in [0.15, 0.2) is 0 Å². The van der Waals surface area contributed by atoms with Crippen LogP contribution in [0.1, 0.15) is 25.7 Å². The van der Waals surface area contributed by atoms with Crippen LogP contribution in [-0.2, 0) is 10.0 Å². The Labute approximate surface area is 91.3 Å². The molecule has 1 aliphatic carbocycles. The summed E-state index contributed by atoms with van der Waals surface area (Å²) >= 11 is 0. The van der Waals surface area contributed by atoms with Gasteiger partial charge in [-0.1, -0.05) is 12.8 Å². The molecule has 0 bridgehead atoms. The third-order valence-corrected chi connectivity index (χ3v) is 4.74. The molecule has 0 aromatic heterocycles. The van der Waals surface area contributed by atoms with Gasteiger partial charge in [-0.2, -0.15) is 0 Å². The van der Waals surface area contributed by atoms with Crippen LogP contribution in [0.4, 0.5) is 0 Å². The zero-order chi connectivity index (χ0) is 9.31. The molecule has 0 atom stereocenters. The summed E-state index contributed by atoms with van der Waals surface area (Å²) in [6.45, 7) is 1.23. The van der Waals surface area contributed by atoms with Crippen LogP contribution in [0.2, 0.25) is 0 Å². The van der Waals surface area contributed by atoms with E-state index in [1.165, 1.54) is 0 Å². The van der Waals surface area contributed by atoms with Crippen molar-refractivity contribution in [3.05, 3.63) is 0 Å². The Hall–Kier alpha value is 0.160. The maximum atomic E-state index is 11.6. The molecule has 1 aliphatic heterocycles. The molecule has 2 fully saturated rings. The Kier molecular flexibility index (Phi) is 4.18. The monoisotopic (exact) mass is 240 g/mol. The SMILES string of the molecule is Cl.O=S(=O)(NC1CCCC1)C1CNC1. The van der Waals surface area contributed by atoms with Crippen molar-refractivity contribution in [2.75, 3.05) is 13.1 Å². The number of sulfonamides is 1. The van der Waals surface area contributed by atoms with E-state index in [9.17, 15) is 8.42 Å². The minimum atomic E-state index is -3.02. The van der Waals surface area contributed by atoms with Gasteiger partial charge in [-0.05, 0) is 12.8 Å². The molecule has 14 heavy (non-hydrogen) atoms. The molecular formula is C8H17ClN2O2S. The lowest BCUT2D eigenvalue weighted by Crippen LogP contribution is -2.56. The first-order valence-electron chi connectivity index (χ1n) is 4.90. The van der Waals surface area contributed by atoms with E-state index in [-0.39, 0.29) is 23.7 Å². The quantitative estimate of drug-likeness (QED) is 0.743. The zero-order valence-corrected chi connectivity index (χ0v) is 9.66. The van der Waals surface area contributed by atoms with E-state index in [1.54, 1.807) is 0 Å². The maximum Gasteiger partial charge on any atom is 0.217 e. The fraction of sp³-hybridized carbons (Fsp3) is 1.00. The molecule has 0 spiro atoms. The number of hydrogen-bond donors (Lipinski definition) is 2. The molecule has 0 radical (unpaired) electrons. The highest BCUT2D eigenvalue weighted by Gasteiger charge is 2.33. The van der Waals surface area contributed by atoms with Gasteiger partial charge in [-0.15, -0.1) is 12.4 Å². The summed E-state index contributed by atoms with van der Waals surface area (Å²) in [7, 11) is -3.02. The summed E-state index contributed by atoms with van der Waals surface area (Å²) < 4.78 is 26.0. The van der Waals surface area contributed by atoms with E-state index in [2.05, 4.69) is 10.0 Å². The van der Waals surface area contributed by atoms with Crippen LogP contribution in [0.3, 0.4) is 0 Å². The van der Waals surface area contributed by atoms with Gasteiger partial charge in [0.15, 0.2) is 0 Å². The molecule has 4 nitrogen and oxygen atoms in total. The van der Waals surface area contributed by atoms with Gasteiger partial charge in [-0.3, -0.25) is 0 Å². The van der Waals surface area contributed by atoms with Crippen LogP contribution < -0.4 is 10.0 Å². The molecule has 2 rings (SSSR count). The zero-order valence-electron chi connectivity index (χ0n) is 8.03. The molecule has 84 valence electrons. The van der Waals surface area contributed by atoms with E-state index in [0.717, 1.165) is 25.7 Å². The van der Waals surface area contributed by atoms with Crippen molar-refractivity contribution in [3.8, 4) is 0 Å². The highest BCUT2D eigenvalue weighted by molar-refractivity contribution is 7.90. The fourth-order valence-corrected chi connectivity index (χ4v) is 3.42. The Morgan fingerprint density at radius 1 is 1.14 bits per heavy atom. The number of nitrogens with one attached hydrogen (secondary N) is 2. The second-order valence-corrected chi connectivity index (χ2v) is 5.92. The predicted molar refractivity (Wildman–Crippen MR) is 58.2 cm³/mol. The minimum absolute atomic E-state index is 0. The highest BCUT2D eigenvalue weighted by Crippen LogP contribution is 2.19.